The lowest BCUT2D eigenvalue weighted by Gasteiger charge is -2.07. The number of hydrogen-bond acceptors (Lipinski definition) is 1. The molecule has 0 N–H and O–H groups in total. The molecule has 0 saturated carbocycles. The first-order chi connectivity index (χ1) is 8.19. The molecule has 17 heavy (non-hydrogen) atoms. The zero-order valence-corrected chi connectivity index (χ0v) is 10.4. The predicted molar refractivity (Wildman–Crippen MR) is 72.8 cm³/mol. The highest BCUT2D eigenvalue weighted by Gasteiger charge is 2.00. The summed E-state index contributed by atoms with van der Waals surface area (Å²) in [6.07, 6.45) is 1.80. The molecule has 0 aliphatic rings. The van der Waals surface area contributed by atoms with Crippen molar-refractivity contribution in [1.29, 1.82) is 0 Å². The van der Waals surface area contributed by atoms with Gasteiger partial charge in [0, 0.05) is 5.02 Å². The molecule has 0 radical (unpaired) electrons. The van der Waals surface area contributed by atoms with E-state index in [9.17, 15) is 0 Å². The highest BCUT2D eigenvalue weighted by molar-refractivity contribution is 6.31. The van der Waals surface area contributed by atoms with Crippen LogP contribution in [0, 0.1) is 6.92 Å². The van der Waals surface area contributed by atoms with Crippen LogP contribution in [0.15, 0.2) is 49.0 Å². The molecule has 0 heterocycles. The van der Waals surface area contributed by atoms with E-state index in [4.69, 9.17) is 16.3 Å². The molecule has 0 bridgehead atoms. The third-order valence-electron chi connectivity index (χ3n) is 2.49. The van der Waals surface area contributed by atoms with Crippen LogP contribution in [0.25, 0.3) is 6.08 Å². The lowest BCUT2D eigenvalue weighted by atomic mass is 10.2. The number of benzene rings is 2. The van der Waals surface area contributed by atoms with E-state index in [0.29, 0.717) is 5.02 Å². The first-order valence-electron chi connectivity index (χ1n) is 5.35. The molecule has 1 nitrogen and oxygen atoms in total. The van der Waals surface area contributed by atoms with Crippen LogP contribution in [0.4, 0.5) is 0 Å². The van der Waals surface area contributed by atoms with E-state index < -0.39 is 0 Å². The normalized spacial score (nSPS) is 10.0. The zero-order chi connectivity index (χ0) is 12.3. The Labute approximate surface area is 106 Å². The molecule has 0 aliphatic heterocycles. The van der Waals surface area contributed by atoms with E-state index in [0.717, 1.165) is 22.6 Å². The van der Waals surface area contributed by atoms with Crippen molar-refractivity contribution in [3.8, 4) is 11.5 Å². The van der Waals surface area contributed by atoms with Crippen molar-refractivity contribution in [3.05, 3.63) is 65.2 Å². The molecule has 0 spiro atoms. The molecular weight excluding hydrogens is 232 g/mol. The minimum Gasteiger partial charge on any atom is -0.457 e. The van der Waals surface area contributed by atoms with E-state index in [-0.39, 0.29) is 0 Å². The molecule has 0 aliphatic carbocycles. The lowest BCUT2D eigenvalue weighted by Crippen LogP contribution is -1.85. The van der Waals surface area contributed by atoms with Crippen molar-refractivity contribution in [2.45, 2.75) is 6.92 Å². The monoisotopic (exact) mass is 244 g/mol. The lowest BCUT2D eigenvalue weighted by molar-refractivity contribution is 0.482. The Morgan fingerprint density at radius 3 is 2.29 bits per heavy atom. The van der Waals surface area contributed by atoms with Crippen LogP contribution in [0.2, 0.25) is 5.02 Å². The highest BCUT2D eigenvalue weighted by Crippen LogP contribution is 2.26. The Hall–Kier alpha value is -1.73. The van der Waals surface area contributed by atoms with Gasteiger partial charge in [-0.25, -0.2) is 0 Å². The summed E-state index contributed by atoms with van der Waals surface area (Å²) in [5.74, 6) is 1.53. The van der Waals surface area contributed by atoms with Crippen LogP contribution in [-0.2, 0) is 0 Å². The molecule has 0 amide bonds. The Morgan fingerprint density at radius 2 is 1.71 bits per heavy atom. The summed E-state index contributed by atoms with van der Waals surface area (Å²) in [7, 11) is 0. The molecule has 2 aromatic rings. The average Bonchev–Trinajstić information content (AvgIpc) is 2.35. The van der Waals surface area contributed by atoms with Gasteiger partial charge in [0.15, 0.2) is 0 Å². The first-order valence-corrected chi connectivity index (χ1v) is 5.73. The van der Waals surface area contributed by atoms with Gasteiger partial charge in [0.05, 0.1) is 0 Å². The van der Waals surface area contributed by atoms with Gasteiger partial charge in [0.25, 0.3) is 0 Å². The third kappa shape index (κ3) is 2.89. The first kappa shape index (κ1) is 11.7. The molecule has 86 valence electrons. The van der Waals surface area contributed by atoms with Gasteiger partial charge in [-0.15, -0.1) is 0 Å². The van der Waals surface area contributed by atoms with Crippen LogP contribution in [-0.4, -0.2) is 0 Å². The van der Waals surface area contributed by atoms with Crippen LogP contribution < -0.4 is 4.74 Å². The van der Waals surface area contributed by atoms with Gasteiger partial charge in [-0.3, -0.25) is 0 Å². The van der Waals surface area contributed by atoms with Gasteiger partial charge in [-0.2, -0.15) is 0 Å². The van der Waals surface area contributed by atoms with Crippen LogP contribution in [0.5, 0.6) is 11.5 Å². The molecule has 2 heteroatoms. The molecule has 0 saturated heterocycles. The number of ether oxygens (including phenoxy) is 1. The van der Waals surface area contributed by atoms with Gasteiger partial charge >= 0.3 is 0 Å². The Bertz CT molecular complexity index is 529. The van der Waals surface area contributed by atoms with Gasteiger partial charge in [0.1, 0.15) is 11.5 Å². The molecule has 0 atom stereocenters. The summed E-state index contributed by atoms with van der Waals surface area (Å²) >= 11 is 6.03. The summed E-state index contributed by atoms with van der Waals surface area (Å²) < 4.78 is 5.69. The smallest absolute Gasteiger partial charge is 0.128 e. The van der Waals surface area contributed by atoms with Crippen molar-refractivity contribution >= 4 is 17.7 Å². The largest absolute Gasteiger partial charge is 0.457 e. The fraction of sp³-hybridized carbons (Fsp3) is 0.0667. The van der Waals surface area contributed by atoms with E-state index in [1.807, 2.05) is 49.4 Å². The Morgan fingerprint density at radius 1 is 1.06 bits per heavy atom. The average molecular weight is 245 g/mol. The number of hydrogen-bond donors (Lipinski definition) is 0. The maximum absolute atomic E-state index is 6.03. The van der Waals surface area contributed by atoms with E-state index in [1.54, 1.807) is 6.08 Å². The maximum Gasteiger partial charge on any atom is 0.128 e. The standard InChI is InChI=1S/C15H13ClO/c1-3-12-5-8-13(9-6-12)17-14-7-4-11(2)15(16)10-14/h3-10H,1H2,2H3. The zero-order valence-electron chi connectivity index (χ0n) is 9.61. The van der Waals surface area contributed by atoms with Crippen LogP contribution in [0.1, 0.15) is 11.1 Å². The molecule has 0 fully saturated rings. The van der Waals surface area contributed by atoms with Crippen LogP contribution in [0.3, 0.4) is 0 Å². The maximum atomic E-state index is 6.03. The second kappa shape index (κ2) is 5.07. The van der Waals surface area contributed by atoms with Crippen molar-refractivity contribution in [2.75, 3.05) is 0 Å². The molecule has 2 rings (SSSR count). The molecule has 2 aromatic carbocycles. The van der Waals surface area contributed by atoms with Crippen LogP contribution >= 0.6 is 11.6 Å². The topological polar surface area (TPSA) is 9.23 Å². The van der Waals surface area contributed by atoms with Gasteiger partial charge in [-0.1, -0.05) is 42.5 Å². The fourth-order valence-corrected chi connectivity index (χ4v) is 1.62. The minimum absolute atomic E-state index is 0.713. The third-order valence-corrected chi connectivity index (χ3v) is 2.90. The molecular formula is C15H13ClO. The second-order valence-electron chi connectivity index (χ2n) is 3.79. The Kier molecular flexibility index (Phi) is 3.50. The number of rotatable bonds is 3. The van der Waals surface area contributed by atoms with E-state index >= 15 is 0 Å². The molecule has 0 unspecified atom stereocenters. The number of aryl methyl sites for hydroxylation is 1. The SMILES string of the molecule is C=Cc1ccc(Oc2ccc(C)c(Cl)c2)cc1. The number of halogens is 1. The van der Waals surface area contributed by atoms with Crippen molar-refractivity contribution in [1.82, 2.24) is 0 Å². The van der Waals surface area contributed by atoms with E-state index in [2.05, 4.69) is 6.58 Å². The summed E-state index contributed by atoms with van der Waals surface area (Å²) in [4.78, 5) is 0. The molecule has 0 aromatic heterocycles. The van der Waals surface area contributed by atoms with Gasteiger partial charge < -0.3 is 4.74 Å². The van der Waals surface area contributed by atoms with Gasteiger partial charge in [0.2, 0.25) is 0 Å². The van der Waals surface area contributed by atoms with Crippen molar-refractivity contribution in [2.24, 2.45) is 0 Å². The second-order valence-corrected chi connectivity index (χ2v) is 4.19. The quantitative estimate of drug-likeness (QED) is 0.731. The van der Waals surface area contributed by atoms with Crippen molar-refractivity contribution < 1.29 is 4.74 Å². The van der Waals surface area contributed by atoms with Crippen molar-refractivity contribution in [3.63, 3.8) is 0 Å². The predicted octanol–water partition coefficient (Wildman–Crippen LogP) is 5.08. The summed E-state index contributed by atoms with van der Waals surface area (Å²) in [6.45, 7) is 5.67. The van der Waals surface area contributed by atoms with Gasteiger partial charge in [-0.05, 0) is 42.3 Å². The minimum atomic E-state index is 0.713. The Balaban J connectivity index is 2.19. The van der Waals surface area contributed by atoms with E-state index in [1.165, 1.54) is 0 Å². The highest BCUT2D eigenvalue weighted by atomic mass is 35.5. The summed E-state index contributed by atoms with van der Waals surface area (Å²) in [5.41, 5.74) is 2.11. The summed E-state index contributed by atoms with van der Waals surface area (Å²) in [5, 5.41) is 0.713. The fourth-order valence-electron chi connectivity index (χ4n) is 1.45. The summed E-state index contributed by atoms with van der Waals surface area (Å²) in [6, 6.07) is 13.4.